The Balaban J connectivity index is 2.34. The topological polar surface area (TPSA) is 66.8 Å². The number of nitrogens with zero attached hydrogens (tertiary/aromatic N) is 1. The Labute approximate surface area is 119 Å². The number of hydrogen-bond donors (Lipinski definition) is 1. The van der Waals surface area contributed by atoms with Gasteiger partial charge in [0, 0.05) is 25.1 Å². The normalized spacial score (nSPS) is 16.4. The fraction of sp³-hybridized carbons (Fsp3) is 0.429. The first-order valence-corrected chi connectivity index (χ1v) is 7.87. The van der Waals surface area contributed by atoms with Crippen LogP contribution < -0.4 is 0 Å². The summed E-state index contributed by atoms with van der Waals surface area (Å²) in [5.74, 6) is 5.57. The van der Waals surface area contributed by atoms with E-state index >= 15 is 0 Å². The first-order valence-electron chi connectivity index (χ1n) is 6.43. The first kappa shape index (κ1) is 15.0. The molecule has 6 heteroatoms. The third-order valence-electron chi connectivity index (χ3n) is 2.93. The van der Waals surface area contributed by atoms with Crippen molar-refractivity contribution in [3.8, 4) is 11.8 Å². The molecule has 108 valence electrons. The molecule has 5 nitrogen and oxygen atoms in total. The largest absolute Gasteiger partial charge is 0.395 e. The molecule has 1 aliphatic heterocycles. The lowest BCUT2D eigenvalue weighted by atomic mass is 10.2. The number of aliphatic hydroxyl groups is 1. The van der Waals surface area contributed by atoms with Crippen molar-refractivity contribution in [1.82, 2.24) is 4.31 Å². The quantitative estimate of drug-likeness (QED) is 0.822. The minimum absolute atomic E-state index is 0.0363. The summed E-state index contributed by atoms with van der Waals surface area (Å²) in [6.45, 7) is 1.52. The van der Waals surface area contributed by atoms with Crippen LogP contribution in [0.25, 0.3) is 0 Å². The van der Waals surface area contributed by atoms with Crippen LogP contribution >= 0.6 is 0 Å². The molecule has 0 bridgehead atoms. The number of benzene rings is 1. The summed E-state index contributed by atoms with van der Waals surface area (Å²) < 4.78 is 31.8. The van der Waals surface area contributed by atoms with E-state index in [4.69, 9.17) is 9.84 Å². The van der Waals surface area contributed by atoms with Gasteiger partial charge in [-0.1, -0.05) is 24.0 Å². The molecular formula is C14H17NO4S. The maximum atomic E-state index is 12.6. The molecule has 0 unspecified atom stereocenters. The van der Waals surface area contributed by atoms with Crippen LogP contribution in [0.3, 0.4) is 0 Å². The van der Waals surface area contributed by atoms with E-state index in [9.17, 15) is 8.42 Å². The van der Waals surface area contributed by atoms with E-state index in [-0.39, 0.29) is 11.5 Å². The van der Waals surface area contributed by atoms with Gasteiger partial charge in [-0.3, -0.25) is 0 Å². The van der Waals surface area contributed by atoms with Crippen molar-refractivity contribution < 1.29 is 18.3 Å². The molecule has 1 saturated heterocycles. The number of morpholine rings is 1. The highest BCUT2D eigenvalue weighted by Crippen LogP contribution is 2.20. The van der Waals surface area contributed by atoms with Crippen LogP contribution in [0.4, 0.5) is 0 Å². The molecule has 1 aliphatic rings. The van der Waals surface area contributed by atoms with Crippen molar-refractivity contribution in [2.24, 2.45) is 0 Å². The van der Waals surface area contributed by atoms with E-state index in [0.717, 1.165) is 0 Å². The molecular weight excluding hydrogens is 278 g/mol. The van der Waals surface area contributed by atoms with E-state index < -0.39 is 10.0 Å². The van der Waals surface area contributed by atoms with Crippen molar-refractivity contribution in [2.75, 3.05) is 32.9 Å². The molecule has 1 aromatic rings. The smallest absolute Gasteiger partial charge is 0.244 e. The van der Waals surface area contributed by atoms with Gasteiger partial charge in [-0.25, -0.2) is 8.42 Å². The molecule has 0 aromatic heterocycles. The van der Waals surface area contributed by atoms with Gasteiger partial charge in [0.15, 0.2) is 0 Å². The van der Waals surface area contributed by atoms with E-state index in [1.54, 1.807) is 24.3 Å². The Morgan fingerprint density at radius 3 is 2.65 bits per heavy atom. The highest BCUT2D eigenvalue weighted by Gasteiger charge is 2.27. The molecule has 0 spiro atoms. The SMILES string of the molecule is O=S(=O)(c1ccccc1C#CCCO)N1CCOCC1. The number of hydrogen-bond acceptors (Lipinski definition) is 4. The van der Waals surface area contributed by atoms with Crippen molar-refractivity contribution in [3.05, 3.63) is 29.8 Å². The fourth-order valence-electron chi connectivity index (χ4n) is 1.93. The average molecular weight is 295 g/mol. The minimum atomic E-state index is -3.54. The zero-order chi connectivity index (χ0) is 14.4. The van der Waals surface area contributed by atoms with Crippen molar-refractivity contribution in [2.45, 2.75) is 11.3 Å². The molecule has 0 atom stereocenters. The van der Waals surface area contributed by atoms with Gasteiger partial charge in [-0.05, 0) is 12.1 Å². The Bertz CT molecular complexity index is 610. The van der Waals surface area contributed by atoms with Gasteiger partial charge < -0.3 is 9.84 Å². The Hall–Kier alpha value is -1.39. The first-order chi connectivity index (χ1) is 9.66. The standard InChI is InChI=1S/C14H17NO4S/c16-10-4-3-6-13-5-1-2-7-14(13)20(17,18)15-8-11-19-12-9-15/h1-2,5,7,16H,4,8-12H2. The van der Waals surface area contributed by atoms with Gasteiger partial charge >= 0.3 is 0 Å². The second kappa shape index (κ2) is 6.86. The summed E-state index contributed by atoms with van der Waals surface area (Å²) in [6, 6.07) is 6.68. The summed E-state index contributed by atoms with van der Waals surface area (Å²) in [7, 11) is -3.54. The number of aliphatic hydroxyl groups excluding tert-OH is 1. The number of ether oxygens (including phenoxy) is 1. The van der Waals surface area contributed by atoms with Gasteiger partial charge in [0.05, 0.1) is 24.7 Å². The molecule has 1 aromatic carbocycles. The minimum Gasteiger partial charge on any atom is -0.395 e. The molecule has 2 rings (SSSR count). The Morgan fingerprint density at radius 2 is 1.95 bits per heavy atom. The highest BCUT2D eigenvalue weighted by atomic mass is 32.2. The van der Waals surface area contributed by atoms with Crippen LogP contribution in [0.2, 0.25) is 0 Å². The molecule has 0 aliphatic carbocycles. The van der Waals surface area contributed by atoms with Crippen LogP contribution in [0.5, 0.6) is 0 Å². The summed E-state index contributed by atoms with van der Waals surface area (Å²) in [5.41, 5.74) is 0.465. The fourth-order valence-corrected chi connectivity index (χ4v) is 3.49. The second-order valence-electron chi connectivity index (χ2n) is 4.29. The van der Waals surface area contributed by atoms with Crippen LogP contribution in [-0.4, -0.2) is 50.7 Å². The lowest BCUT2D eigenvalue weighted by Gasteiger charge is -2.26. The van der Waals surface area contributed by atoms with Gasteiger partial charge in [0.1, 0.15) is 0 Å². The van der Waals surface area contributed by atoms with E-state index in [2.05, 4.69) is 11.8 Å². The van der Waals surface area contributed by atoms with Crippen LogP contribution in [0, 0.1) is 11.8 Å². The summed E-state index contributed by atoms with van der Waals surface area (Å²) in [6.07, 6.45) is 0.325. The van der Waals surface area contributed by atoms with Gasteiger partial charge in [0.2, 0.25) is 10.0 Å². The Morgan fingerprint density at radius 1 is 1.25 bits per heavy atom. The monoisotopic (exact) mass is 295 g/mol. The van der Waals surface area contributed by atoms with Crippen molar-refractivity contribution >= 4 is 10.0 Å². The van der Waals surface area contributed by atoms with Gasteiger partial charge in [-0.2, -0.15) is 4.31 Å². The summed E-state index contributed by atoms with van der Waals surface area (Å²) in [5, 5.41) is 8.73. The average Bonchev–Trinajstić information content (AvgIpc) is 2.49. The third-order valence-corrected chi connectivity index (χ3v) is 4.89. The second-order valence-corrected chi connectivity index (χ2v) is 6.19. The van der Waals surface area contributed by atoms with Crippen LogP contribution in [0.15, 0.2) is 29.2 Å². The number of rotatable bonds is 3. The zero-order valence-corrected chi connectivity index (χ0v) is 11.9. The maximum Gasteiger partial charge on any atom is 0.244 e. The zero-order valence-electron chi connectivity index (χ0n) is 11.1. The lowest BCUT2D eigenvalue weighted by molar-refractivity contribution is 0.0730. The van der Waals surface area contributed by atoms with Crippen molar-refractivity contribution in [1.29, 1.82) is 0 Å². The summed E-state index contributed by atoms with van der Waals surface area (Å²) >= 11 is 0. The van der Waals surface area contributed by atoms with Crippen molar-refractivity contribution in [3.63, 3.8) is 0 Å². The Kier molecular flexibility index (Phi) is 5.15. The van der Waals surface area contributed by atoms with E-state index in [1.165, 1.54) is 4.31 Å². The molecule has 20 heavy (non-hydrogen) atoms. The molecule has 0 radical (unpaired) electrons. The predicted molar refractivity (Wildman–Crippen MR) is 74.6 cm³/mol. The van der Waals surface area contributed by atoms with Gasteiger partial charge in [0.25, 0.3) is 0 Å². The van der Waals surface area contributed by atoms with E-state index in [0.29, 0.717) is 38.3 Å². The van der Waals surface area contributed by atoms with Crippen LogP contribution in [-0.2, 0) is 14.8 Å². The van der Waals surface area contributed by atoms with Crippen LogP contribution in [0.1, 0.15) is 12.0 Å². The number of sulfonamides is 1. The predicted octanol–water partition coefficient (Wildman–Crippen LogP) is 0.441. The molecule has 0 amide bonds. The molecule has 1 heterocycles. The van der Waals surface area contributed by atoms with Gasteiger partial charge in [-0.15, -0.1) is 0 Å². The molecule has 0 saturated carbocycles. The maximum absolute atomic E-state index is 12.6. The molecule has 1 fully saturated rings. The lowest BCUT2D eigenvalue weighted by Crippen LogP contribution is -2.40. The highest BCUT2D eigenvalue weighted by molar-refractivity contribution is 7.89. The molecule has 1 N–H and O–H groups in total. The van der Waals surface area contributed by atoms with E-state index in [1.807, 2.05) is 0 Å². The third kappa shape index (κ3) is 3.38. The summed E-state index contributed by atoms with van der Waals surface area (Å²) in [4.78, 5) is 0.215.